The van der Waals surface area contributed by atoms with Gasteiger partial charge in [-0.3, -0.25) is 4.79 Å². The minimum absolute atomic E-state index is 0.0541. The molecule has 1 aliphatic heterocycles. The van der Waals surface area contributed by atoms with Crippen LogP contribution in [0.1, 0.15) is 86.4 Å². The molecule has 2 saturated carbocycles. The number of fused-ring (bicyclic) bond motifs is 2. The topological polar surface area (TPSA) is 141 Å². The lowest BCUT2D eigenvalue weighted by atomic mass is 9.89. The van der Waals surface area contributed by atoms with Crippen LogP contribution in [0.3, 0.4) is 0 Å². The van der Waals surface area contributed by atoms with Crippen molar-refractivity contribution in [2.45, 2.75) is 81.8 Å². The fourth-order valence-electron chi connectivity index (χ4n) is 7.74. The Hall–Kier alpha value is -5.65. The lowest BCUT2D eigenvalue weighted by molar-refractivity contribution is -0.311. The first kappa shape index (κ1) is 38.6. The van der Waals surface area contributed by atoms with Crippen molar-refractivity contribution in [1.29, 1.82) is 0 Å². The Morgan fingerprint density at radius 3 is 1.50 bits per heavy atom. The molecule has 3 fully saturated rings. The van der Waals surface area contributed by atoms with Crippen molar-refractivity contribution in [3.8, 4) is 0 Å². The summed E-state index contributed by atoms with van der Waals surface area (Å²) in [6, 6.07) is 33.0. The molecule has 1 heterocycles. The largest absolute Gasteiger partial charge is 0.459 e. The van der Waals surface area contributed by atoms with Crippen LogP contribution in [0.4, 0.5) is 0 Å². The first-order valence-electron chi connectivity index (χ1n) is 19.2. The van der Waals surface area contributed by atoms with Gasteiger partial charge in [0.05, 0.1) is 28.4 Å². The van der Waals surface area contributed by atoms with Crippen molar-refractivity contribution in [3.63, 3.8) is 0 Å². The van der Waals surface area contributed by atoms with Gasteiger partial charge in [0.15, 0.2) is 24.6 Å². The van der Waals surface area contributed by atoms with Crippen LogP contribution < -0.4 is 0 Å². The molecule has 0 unspecified atom stereocenters. The first-order valence-corrected chi connectivity index (χ1v) is 19.2. The minimum Gasteiger partial charge on any atom is -0.459 e. The molecule has 11 heteroatoms. The average Bonchev–Trinajstić information content (AvgIpc) is 3.51. The van der Waals surface area contributed by atoms with Crippen LogP contribution in [0.5, 0.6) is 0 Å². The molecule has 290 valence electrons. The Morgan fingerprint density at radius 2 is 0.964 bits per heavy atom. The van der Waals surface area contributed by atoms with E-state index in [1.54, 1.807) is 121 Å². The van der Waals surface area contributed by atoms with Crippen molar-refractivity contribution in [2.75, 3.05) is 6.61 Å². The molecule has 11 nitrogen and oxygen atoms in total. The van der Waals surface area contributed by atoms with Crippen LogP contribution in [0.2, 0.25) is 0 Å². The van der Waals surface area contributed by atoms with Gasteiger partial charge >= 0.3 is 23.9 Å². The summed E-state index contributed by atoms with van der Waals surface area (Å²) in [4.78, 5) is 68.7. The SMILES string of the molecule is O=C(OC[C@H]1O[C@@H](O[C@@H]2CCC[C@H]3CCCC[C@@H]2C3=O)[C@H](OC(=O)c2ccccc2)[C@@H](OC(=O)c2ccccc2)[C@@H]1OC(=O)c1ccccc1)c1ccccc1. The van der Waals surface area contributed by atoms with E-state index in [1.165, 1.54) is 0 Å². The maximum atomic E-state index is 13.9. The standard InChI is InChI=1S/C45H44O11/c46-37-29-16-13-14-26-34(37)35(27-15-25-29)52-45-40(56-44(50)33-23-11-4-12-24-33)39(55-43(49)32-21-9-3-10-22-32)38(54-42(48)31-19-7-2-8-20-31)36(53-45)28-51-41(47)30-17-5-1-6-18-30/h1-12,17-24,29,34-36,38-40,45H,13-16,25-28H2/t29-,34+,35-,36-,38-,39+,40-,45-/m1/s1. The summed E-state index contributed by atoms with van der Waals surface area (Å²) in [6.45, 7) is -0.464. The highest BCUT2D eigenvalue weighted by atomic mass is 16.7. The Bertz CT molecular complexity index is 1950. The number of benzene rings is 4. The van der Waals surface area contributed by atoms with Gasteiger partial charge in [-0.1, -0.05) is 92.1 Å². The number of Topliss-reactive ketones (excluding diaryl/α,β-unsaturated/α-hetero) is 1. The van der Waals surface area contributed by atoms with Crippen LogP contribution in [-0.2, 0) is 33.2 Å². The number of hydrogen-bond donors (Lipinski definition) is 0. The van der Waals surface area contributed by atoms with E-state index >= 15 is 0 Å². The van der Waals surface area contributed by atoms with E-state index in [-0.39, 0.29) is 34.0 Å². The zero-order chi connectivity index (χ0) is 38.9. The number of ketones is 1. The van der Waals surface area contributed by atoms with Crippen LogP contribution >= 0.6 is 0 Å². The van der Waals surface area contributed by atoms with E-state index in [4.69, 9.17) is 28.4 Å². The smallest absolute Gasteiger partial charge is 0.338 e. The lowest BCUT2D eigenvalue weighted by Gasteiger charge is -2.45. The van der Waals surface area contributed by atoms with E-state index in [0.29, 0.717) is 12.8 Å². The maximum absolute atomic E-state index is 13.9. The van der Waals surface area contributed by atoms with Gasteiger partial charge in [-0.05, 0) is 74.2 Å². The zero-order valence-corrected chi connectivity index (χ0v) is 30.8. The summed E-state index contributed by atoms with van der Waals surface area (Å²) in [5.74, 6) is -3.36. The fourth-order valence-corrected chi connectivity index (χ4v) is 7.74. The Balaban J connectivity index is 1.29. The van der Waals surface area contributed by atoms with Gasteiger partial charge in [0.1, 0.15) is 18.5 Å². The van der Waals surface area contributed by atoms with E-state index < -0.39 is 73.2 Å². The highest BCUT2D eigenvalue weighted by molar-refractivity contribution is 5.91. The predicted molar refractivity (Wildman–Crippen MR) is 202 cm³/mol. The summed E-state index contributed by atoms with van der Waals surface area (Å²) < 4.78 is 37.6. The van der Waals surface area contributed by atoms with Gasteiger partial charge in [0.25, 0.3) is 0 Å². The highest BCUT2D eigenvalue weighted by Gasteiger charge is 2.55. The molecule has 0 spiro atoms. The summed E-state index contributed by atoms with van der Waals surface area (Å²) >= 11 is 0. The van der Waals surface area contributed by atoms with Crippen molar-refractivity contribution < 1.29 is 52.4 Å². The second-order valence-electron chi connectivity index (χ2n) is 14.3. The van der Waals surface area contributed by atoms with Crippen LogP contribution in [0, 0.1) is 11.8 Å². The number of ether oxygens (including phenoxy) is 6. The molecule has 56 heavy (non-hydrogen) atoms. The normalized spacial score (nSPS) is 26.1. The monoisotopic (exact) mass is 760 g/mol. The van der Waals surface area contributed by atoms with Crippen LogP contribution in [0.15, 0.2) is 121 Å². The zero-order valence-electron chi connectivity index (χ0n) is 30.8. The van der Waals surface area contributed by atoms with Crippen molar-refractivity contribution in [2.24, 2.45) is 11.8 Å². The molecule has 3 aliphatic rings. The Labute approximate surface area is 325 Å². The van der Waals surface area contributed by atoms with Crippen molar-refractivity contribution in [1.82, 2.24) is 0 Å². The van der Waals surface area contributed by atoms with E-state index in [1.807, 2.05) is 0 Å². The maximum Gasteiger partial charge on any atom is 0.338 e. The fraction of sp³-hybridized carbons (Fsp3) is 0.356. The quantitative estimate of drug-likeness (QED) is 0.113. The minimum atomic E-state index is -1.54. The van der Waals surface area contributed by atoms with Gasteiger partial charge < -0.3 is 28.4 Å². The highest BCUT2D eigenvalue weighted by Crippen LogP contribution is 2.39. The molecule has 2 aliphatic carbocycles. The Morgan fingerprint density at radius 1 is 0.518 bits per heavy atom. The molecule has 4 aromatic carbocycles. The predicted octanol–water partition coefficient (Wildman–Crippen LogP) is 7.19. The average molecular weight is 761 g/mol. The molecule has 4 aromatic rings. The molecule has 0 radical (unpaired) electrons. The molecule has 2 bridgehead atoms. The van der Waals surface area contributed by atoms with Gasteiger partial charge in [-0.15, -0.1) is 0 Å². The van der Waals surface area contributed by atoms with E-state index in [2.05, 4.69) is 0 Å². The molecule has 7 rings (SSSR count). The number of hydrogen-bond acceptors (Lipinski definition) is 11. The molecular weight excluding hydrogens is 716 g/mol. The number of carbonyl (C=O) groups is 5. The second kappa shape index (κ2) is 18.3. The van der Waals surface area contributed by atoms with Gasteiger partial charge in [-0.25, -0.2) is 19.2 Å². The molecular formula is C45H44O11. The summed E-state index contributed by atoms with van der Waals surface area (Å²) in [5.41, 5.74) is 0.850. The van der Waals surface area contributed by atoms with Gasteiger partial charge in [0.2, 0.25) is 0 Å². The third-order valence-electron chi connectivity index (χ3n) is 10.6. The van der Waals surface area contributed by atoms with Crippen LogP contribution in [-0.4, -0.2) is 73.1 Å². The van der Waals surface area contributed by atoms with Crippen molar-refractivity contribution >= 4 is 29.7 Å². The van der Waals surface area contributed by atoms with Gasteiger partial charge in [0, 0.05) is 11.8 Å². The first-order chi connectivity index (χ1) is 27.4. The van der Waals surface area contributed by atoms with Crippen LogP contribution in [0.25, 0.3) is 0 Å². The molecule has 0 N–H and O–H groups in total. The van der Waals surface area contributed by atoms with E-state index in [9.17, 15) is 24.0 Å². The number of esters is 4. The number of carbonyl (C=O) groups excluding carboxylic acids is 5. The Kier molecular flexibility index (Phi) is 12.6. The van der Waals surface area contributed by atoms with E-state index in [0.717, 1.165) is 32.1 Å². The molecule has 8 atom stereocenters. The summed E-state index contributed by atoms with van der Waals surface area (Å²) in [7, 11) is 0. The van der Waals surface area contributed by atoms with Crippen molar-refractivity contribution in [3.05, 3.63) is 144 Å². The lowest BCUT2D eigenvalue weighted by Crippen LogP contribution is -2.63. The third-order valence-corrected chi connectivity index (χ3v) is 10.6. The second-order valence-corrected chi connectivity index (χ2v) is 14.3. The summed E-state index contributed by atoms with van der Waals surface area (Å²) in [5, 5.41) is 0. The third kappa shape index (κ3) is 9.23. The van der Waals surface area contributed by atoms with Gasteiger partial charge in [-0.2, -0.15) is 0 Å². The molecule has 0 amide bonds. The number of rotatable bonds is 11. The summed E-state index contributed by atoms with van der Waals surface area (Å²) in [6.07, 6.45) is -2.58. The molecule has 1 saturated heterocycles. The molecule has 0 aromatic heterocycles.